The Morgan fingerprint density at radius 2 is 1.73 bits per heavy atom. The molecular formula is C29H40O. The van der Waals surface area contributed by atoms with Crippen molar-refractivity contribution in [3.05, 3.63) is 75.9 Å². The van der Waals surface area contributed by atoms with E-state index in [0.29, 0.717) is 0 Å². The van der Waals surface area contributed by atoms with Gasteiger partial charge in [0.15, 0.2) is 0 Å². The molecule has 0 aromatic heterocycles. The van der Waals surface area contributed by atoms with Crippen molar-refractivity contribution in [1.82, 2.24) is 0 Å². The lowest BCUT2D eigenvalue weighted by Crippen LogP contribution is -2.05. The van der Waals surface area contributed by atoms with Gasteiger partial charge in [0.1, 0.15) is 6.29 Å². The van der Waals surface area contributed by atoms with Crippen molar-refractivity contribution in [3.63, 3.8) is 0 Å². The van der Waals surface area contributed by atoms with Crippen LogP contribution in [0.2, 0.25) is 0 Å². The zero-order valence-corrected chi connectivity index (χ0v) is 19.8. The Kier molecular flexibility index (Phi) is 10.1. The first-order valence-electron chi connectivity index (χ1n) is 11.7. The molecule has 2 rings (SSSR count). The van der Waals surface area contributed by atoms with Crippen LogP contribution in [0.15, 0.2) is 42.5 Å². The van der Waals surface area contributed by atoms with E-state index in [-0.39, 0.29) is 5.92 Å². The molecule has 0 heterocycles. The molecule has 1 atom stereocenters. The number of rotatable bonds is 12. The normalized spacial score (nSPS) is 12.8. The predicted octanol–water partition coefficient (Wildman–Crippen LogP) is 7.98. The van der Waals surface area contributed by atoms with Crippen molar-refractivity contribution in [3.8, 4) is 0 Å². The first-order valence-corrected chi connectivity index (χ1v) is 11.7. The number of hydrogen-bond acceptors (Lipinski definition) is 1. The molecule has 162 valence electrons. The van der Waals surface area contributed by atoms with E-state index < -0.39 is 0 Å². The number of hydrogen-bond donors (Lipinski definition) is 0. The van der Waals surface area contributed by atoms with Crippen LogP contribution < -0.4 is 0 Å². The Morgan fingerprint density at radius 1 is 0.933 bits per heavy atom. The molecule has 0 saturated carbocycles. The van der Waals surface area contributed by atoms with Gasteiger partial charge >= 0.3 is 0 Å². The molecule has 0 radical (unpaired) electrons. The SMILES string of the molecule is C/C=C(/CC(C=O)CCCCCC)c1ccc(CCc2ccc(C)cc2C)cc1C. The van der Waals surface area contributed by atoms with E-state index in [1.54, 1.807) is 0 Å². The van der Waals surface area contributed by atoms with Crippen LogP contribution in [0.3, 0.4) is 0 Å². The Bertz CT molecular complexity index is 843. The molecule has 0 N–H and O–H groups in total. The van der Waals surface area contributed by atoms with Crippen molar-refractivity contribution in [2.45, 2.75) is 86.0 Å². The molecular weight excluding hydrogens is 364 g/mol. The van der Waals surface area contributed by atoms with Crippen molar-refractivity contribution in [2.24, 2.45) is 5.92 Å². The molecule has 0 bridgehead atoms. The summed E-state index contributed by atoms with van der Waals surface area (Å²) >= 11 is 0. The number of aryl methyl sites for hydroxylation is 5. The number of benzene rings is 2. The maximum absolute atomic E-state index is 11.6. The summed E-state index contributed by atoms with van der Waals surface area (Å²) in [6.07, 6.45) is 12.3. The van der Waals surface area contributed by atoms with E-state index in [2.05, 4.69) is 77.1 Å². The number of unbranched alkanes of at least 4 members (excludes halogenated alkanes) is 3. The van der Waals surface area contributed by atoms with E-state index in [1.165, 1.54) is 64.5 Å². The molecule has 0 spiro atoms. The lowest BCUT2D eigenvalue weighted by Gasteiger charge is -2.16. The fourth-order valence-corrected chi connectivity index (χ4v) is 4.36. The Hall–Kier alpha value is -2.15. The summed E-state index contributed by atoms with van der Waals surface area (Å²) in [5, 5.41) is 0. The summed E-state index contributed by atoms with van der Waals surface area (Å²) in [5.74, 6) is 0.136. The maximum atomic E-state index is 11.6. The summed E-state index contributed by atoms with van der Waals surface area (Å²) < 4.78 is 0. The minimum Gasteiger partial charge on any atom is -0.303 e. The van der Waals surface area contributed by atoms with E-state index in [0.717, 1.165) is 32.1 Å². The summed E-state index contributed by atoms with van der Waals surface area (Å²) in [4.78, 5) is 11.6. The number of carbonyl (C=O) groups is 1. The summed E-state index contributed by atoms with van der Waals surface area (Å²) in [6, 6.07) is 13.6. The fourth-order valence-electron chi connectivity index (χ4n) is 4.36. The lowest BCUT2D eigenvalue weighted by atomic mass is 9.88. The highest BCUT2D eigenvalue weighted by Crippen LogP contribution is 2.28. The summed E-state index contributed by atoms with van der Waals surface area (Å²) in [5.41, 5.74) is 9.46. The molecule has 0 aliphatic carbocycles. The second kappa shape index (κ2) is 12.5. The van der Waals surface area contributed by atoms with Crippen LogP contribution in [0.25, 0.3) is 5.57 Å². The smallest absolute Gasteiger partial charge is 0.123 e. The van der Waals surface area contributed by atoms with Crippen LogP contribution in [0, 0.1) is 26.7 Å². The highest BCUT2D eigenvalue weighted by molar-refractivity contribution is 5.71. The van der Waals surface area contributed by atoms with Gasteiger partial charge in [-0.25, -0.2) is 0 Å². The molecule has 0 fully saturated rings. The van der Waals surface area contributed by atoms with Crippen LogP contribution in [0.5, 0.6) is 0 Å². The number of carbonyl (C=O) groups excluding carboxylic acids is 1. The van der Waals surface area contributed by atoms with Crippen molar-refractivity contribution >= 4 is 11.9 Å². The third kappa shape index (κ3) is 7.27. The Morgan fingerprint density at radius 3 is 2.37 bits per heavy atom. The van der Waals surface area contributed by atoms with Gasteiger partial charge in [0.2, 0.25) is 0 Å². The average molecular weight is 405 g/mol. The largest absolute Gasteiger partial charge is 0.303 e. The van der Waals surface area contributed by atoms with Crippen molar-refractivity contribution < 1.29 is 4.79 Å². The topological polar surface area (TPSA) is 17.1 Å². The second-order valence-electron chi connectivity index (χ2n) is 8.84. The van der Waals surface area contributed by atoms with Gasteiger partial charge in [-0.2, -0.15) is 0 Å². The molecule has 0 aliphatic heterocycles. The molecule has 0 saturated heterocycles. The minimum absolute atomic E-state index is 0.136. The zero-order chi connectivity index (χ0) is 21.9. The third-order valence-electron chi connectivity index (χ3n) is 6.27. The first kappa shape index (κ1) is 24.1. The van der Waals surface area contributed by atoms with E-state index in [1.807, 2.05) is 0 Å². The van der Waals surface area contributed by atoms with Gasteiger partial charge in [-0.15, -0.1) is 0 Å². The minimum atomic E-state index is 0.136. The highest BCUT2D eigenvalue weighted by atomic mass is 16.1. The quantitative estimate of drug-likeness (QED) is 0.259. The van der Waals surface area contributed by atoms with Gasteiger partial charge in [0, 0.05) is 5.92 Å². The number of allylic oxidation sites excluding steroid dienone is 2. The molecule has 0 aliphatic rings. The molecule has 30 heavy (non-hydrogen) atoms. The van der Waals surface area contributed by atoms with Crippen LogP contribution in [0.1, 0.15) is 85.8 Å². The Balaban J connectivity index is 2.02. The maximum Gasteiger partial charge on any atom is 0.123 e. The van der Waals surface area contributed by atoms with Gasteiger partial charge < -0.3 is 4.79 Å². The molecule has 0 amide bonds. The van der Waals surface area contributed by atoms with Crippen LogP contribution >= 0.6 is 0 Å². The van der Waals surface area contributed by atoms with Crippen LogP contribution in [-0.4, -0.2) is 6.29 Å². The standard InChI is InChI=1S/C29H40O/c1-6-8-9-10-11-26(21-30)20-27(7-2)29-17-14-25(19-24(29)5)13-16-28-15-12-22(3)18-23(28)4/h7,12,14-15,17-19,21,26H,6,8-11,13,16,20H2,1-5H3/b27-7-. The average Bonchev–Trinajstić information content (AvgIpc) is 2.73. The lowest BCUT2D eigenvalue weighted by molar-refractivity contribution is -0.111. The molecule has 2 aromatic carbocycles. The first-order chi connectivity index (χ1) is 14.5. The summed E-state index contributed by atoms with van der Waals surface area (Å²) in [6.45, 7) is 10.9. The van der Waals surface area contributed by atoms with E-state index >= 15 is 0 Å². The van der Waals surface area contributed by atoms with E-state index in [4.69, 9.17) is 0 Å². The third-order valence-corrected chi connectivity index (χ3v) is 6.27. The van der Waals surface area contributed by atoms with Crippen LogP contribution in [-0.2, 0) is 17.6 Å². The van der Waals surface area contributed by atoms with Crippen molar-refractivity contribution in [1.29, 1.82) is 0 Å². The monoisotopic (exact) mass is 404 g/mol. The second-order valence-corrected chi connectivity index (χ2v) is 8.84. The van der Waals surface area contributed by atoms with E-state index in [9.17, 15) is 4.79 Å². The zero-order valence-electron chi connectivity index (χ0n) is 19.8. The molecule has 1 unspecified atom stereocenters. The van der Waals surface area contributed by atoms with Gasteiger partial charge in [-0.3, -0.25) is 0 Å². The fraction of sp³-hybridized carbons (Fsp3) is 0.483. The Labute approximate surface area is 184 Å². The van der Waals surface area contributed by atoms with Gasteiger partial charge in [-0.05, 0) is 86.8 Å². The summed E-state index contributed by atoms with van der Waals surface area (Å²) in [7, 11) is 0. The molecule has 1 heteroatoms. The highest BCUT2D eigenvalue weighted by Gasteiger charge is 2.13. The molecule has 2 aromatic rings. The van der Waals surface area contributed by atoms with Crippen LogP contribution in [0.4, 0.5) is 0 Å². The van der Waals surface area contributed by atoms with Gasteiger partial charge in [0.05, 0.1) is 0 Å². The van der Waals surface area contributed by atoms with Gasteiger partial charge in [0.25, 0.3) is 0 Å². The van der Waals surface area contributed by atoms with Gasteiger partial charge in [-0.1, -0.05) is 80.6 Å². The predicted molar refractivity (Wildman–Crippen MR) is 131 cm³/mol. The number of aldehydes is 1. The van der Waals surface area contributed by atoms with Crippen molar-refractivity contribution in [2.75, 3.05) is 0 Å². The molecule has 1 nitrogen and oxygen atoms in total.